The van der Waals surface area contributed by atoms with E-state index in [9.17, 15) is 0 Å². The average Bonchev–Trinajstić information content (AvgIpc) is 2.29. The highest BCUT2D eigenvalue weighted by atomic mass is 16.5. The van der Waals surface area contributed by atoms with Crippen molar-refractivity contribution in [1.29, 1.82) is 0 Å². The van der Waals surface area contributed by atoms with E-state index >= 15 is 0 Å². The van der Waals surface area contributed by atoms with Crippen LogP contribution in [0.2, 0.25) is 0 Å². The first kappa shape index (κ1) is 11.1. The van der Waals surface area contributed by atoms with Gasteiger partial charge in [0.25, 0.3) is 0 Å². The molecule has 1 saturated heterocycles. The van der Waals surface area contributed by atoms with Crippen LogP contribution in [0.4, 0.5) is 0 Å². The van der Waals surface area contributed by atoms with Gasteiger partial charge >= 0.3 is 0 Å². The second-order valence-electron chi connectivity index (χ2n) is 5.59. The quantitative estimate of drug-likeness (QED) is 0.741. The molecular formula is C15H21NO. The molecular weight excluding hydrogens is 210 g/mol. The molecule has 0 bridgehead atoms. The SMILES string of the molecule is Cc1cc(C)c2c(c1)OC1(CCNCC1)CC2. The lowest BCUT2D eigenvalue weighted by Gasteiger charge is -2.42. The van der Waals surface area contributed by atoms with Gasteiger partial charge in [0.05, 0.1) is 0 Å². The minimum atomic E-state index is 0.123. The summed E-state index contributed by atoms with van der Waals surface area (Å²) in [5, 5.41) is 3.42. The van der Waals surface area contributed by atoms with Gasteiger partial charge in [0.2, 0.25) is 0 Å². The number of aryl methyl sites for hydroxylation is 2. The number of nitrogens with one attached hydrogen (secondary N) is 1. The zero-order chi connectivity index (χ0) is 11.9. The second kappa shape index (κ2) is 4.02. The molecule has 1 aromatic rings. The Labute approximate surface area is 103 Å². The maximum absolute atomic E-state index is 6.38. The molecule has 2 heterocycles. The van der Waals surface area contributed by atoms with Crippen molar-refractivity contribution in [3.63, 3.8) is 0 Å². The smallest absolute Gasteiger partial charge is 0.123 e. The molecule has 2 heteroatoms. The monoisotopic (exact) mass is 231 g/mol. The molecule has 2 aliphatic heterocycles. The molecule has 1 N–H and O–H groups in total. The summed E-state index contributed by atoms with van der Waals surface area (Å²) in [4.78, 5) is 0. The highest BCUT2D eigenvalue weighted by Gasteiger charge is 2.37. The van der Waals surface area contributed by atoms with Crippen LogP contribution in [0, 0.1) is 13.8 Å². The topological polar surface area (TPSA) is 21.3 Å². The van der Waals surface area contributed by atoms with Crippen LogP contribution in [-0.4, -0.2) is 18.7 Å². The second-order valence-corrected chi connectivity index (χ2v) is 5.59. The van der Waals surface area contributed by atoms with Crippen LogP contribution < -0.4 is 10.1 Å². The molecule has 92 valence electrons. The molecule has 0 radical (unpaired) electrons. The van der Waals surface area contributed by atoms with Gasteiger partial charge in [0.1, 0.15) is 11.4 Å². The lowest BCUT2D eigenvalue weighted by Crippen LogP contribution is -2.48. The van der Waals surface area contributed by atoms with Crippen molar-refractivity contribution in [2.24, 2.45) is 0 Å². The zero-order valence-corrected chi connectivity index (χ0v) is 10.8. The van der Waals surface area contributed by atoms with Crippen LogP contribution in [0.1, 0.15) is 36.0 Å². The van der Waals surface area contributed by atoms with Gasteiger partial charge in [-0.15, -0.1) is 0 Å². The number of ether oxygens (including phenoxy) is 1. The molecule has 1 aromatic carbocycles. The molecule has 0 aliphatic carbocycles. The Morgan fingerprint density at radius 3 is 2.65 bits per heavy atom. The van der Waals surface area contributed by atoms with E-state index in [1.165, 1.54) is 29.5 Å². The zero-order valence-electron chi connectivity index (χ0n) is 10.8. The Morgan fingerprint density at radius 2 is 1.88 bits per heavy atom. The standard InChI is InChI=1S/C15H21NO/c1-11-9-12(2)13-3-4-15(17-14(13)10-11)5-7-16-8-6-15/h9-10,16H,3-8H2,1-2H3. The van der Waals surface area contributed by atoms with Crippen molar-refractivity contribution in [3.05, 3.63) is 28.8 Å². The lowest BCUT2D eigenvalue weighted by atomic mass is 9.82. The fourth-order valence-electron chi connectivity index (χ4n) is 3.24. The molecule has 0 atom stereocenters. The number of hydrogen-bond donors (Lipinski definition) is 1. The summed E-state index contributed by atoms with van der Waals surface area (Å²) in [7, 11) is 0. The summed E-state index contributed by atoms with van der Waals surface area (Å²) in [6.45, 7) is 6.55. The van der Waals surface area contributed by atoms with Crippen molar-refractivity contribution >= 4 is 0 Å². The van der Waals surface area contributed by atoms with Crippen LogP contribution >= 0.6 is 0 Å². The molecule has 1 fully saturated rings. The third kappa shape index (κ3) is 1.95. The van der Waals surface area contributed by atoms with E-state index in [1.54, 1.807) is 0 Å². The van der Waals surface area contributed by atoms with E-state index in [4.69, 9.17) is 4.74 Å². The van der Waals surface area contributed by atoms with Gasteiger partial charge < -0.3 is 10.1 Å². The Hall–Kier alpha value is -1.02. The Bertz CT molecular complexity index is 433. The summed E-state index contributed by atoms with van der Waals surface area (Å²) in [5.41, 5.74) is 4.26. The minimum Gasteiger partial charge on any atom is -0.487 e. The Morgan fingerprint density at radius 1 is 1.12 bits per heavy atom. The van der Waals surface area contributed by atoms with E-state index in [0.717, 1.165) is 31.7 Å². The predicted octanol–water partition coefficient (Wildman–Crippen LogP) is 2.75. The van der Waals surface area contributed by atoms with Gasteiger partial charge in [-0.2, -0.15) is 0 Å². The lowest BCUT2D eigenvalue weighted by molar-refractivity contribution is 0.0168. The molecule has 17 heavy (non-hydrogen) atoms. The van der Waals surface area contributed by atoms with Gasteiger partial charge in [-0.05, 0) is 75.4 Å². The molecule has 0 unspecified atom stereocenters. The van der Waals surface area contributed by atoms with E-state index < -0.39 is 0 Å². The highest BCUT2D eigenvalue weighted by Crippen LogP contribution is 2.39. The molecule has 0 saturated carbocycles. The number of piperidine rings is 1. The van der Waals surface area contributed by atoms with E-state index in [-0.39, 0.29) is 5.60 Å². The molecule has 0 aromatic heterocycles. The summed E-state index contributed by atoms with van der Waals surface area (Å²) in [6, 6.07) is 4.48. The maximum Gasteiger partial charge on any atom is 0.123 e. The van der Waals surface area contributed by atoms with Crippen LogP contribution in [0.25, 0.3) is 0 Å². The van der Waals surface area contributed by atoms with Crippen molar-refractivity contribution < 1.29 is 4.74 Å². The molecule has 2 aliphatic rings. The summed E-state index contributed by atoms with van der Waals surface area (Å²) in [5.74, 6) is 1.15. The van der Waals surface area contributed by atoms with Crippen LogP contribution in [0.3, 0.4) is 0 Å². The fourth-order valence-corrected chi connectivity index (χ4v) is 3.24. The summed E-state index contributed by atoms with van der Waals surface area (Å²) in [6.07, 6.45) is 4.67. The number of hydrogen-bond acceptors (Lipinski definition) is 2. The van der Waals surface area contributed by atoms with Crippen LogP contribution in [0.15, 0.2) is 12.1 Å². The van der Waals surface area contributed by atoms with Gasteiger partial charge in [-0.3, -0.25) is 0 Å². The van der Waals surface area contributed by atoms with Crippen molar-refractivity contribution in [2.75, 3.05) is 13.1 Å². The van der Waals surface area contributed by atoms with Crippen LogP contribution in [-0.2, 0) is 6.42 Å². The first-order valence-corrected chi connectivity index (χ1v) is 6.68. The maximum atomic E-state index is 6.38. The van der Waals surface area contributed by atoms with Gasteiger partial charge in [-0.1, -0.05) is 6.07 Å². The Balaban J connectivity index is 1.94. The number of rotatable bonds is 0. The minimum absolute atomic E-state index is 0.123. The molecule has 1 spiro atoms. The first-order chi connectivity index (χ1) is 8.19. The first-order valence-electron chi connectivity index (χ1n) is 6.68. The van der Waals surface area contributed by atoms with E-state index in [2.05, 4.69) is 31.3 Å². The van der Waals surface area contributed by atoms with Crippen molar-refractivity contribution in [3.8, 4) is 5.75 Å². The molecule has 0 amide bonds. The van der Waals surface area contributed by atoms with Gasteiger partial charge in [0.15, 0.2) is 0 Å². The van der Waals surface area contributed by atoms with Gasteiger partial charge in [-0.25, -0.2) is 0 Å². The Kier molecular flexibility index (Phi) is 2.62. The third-order valence-electron chi connectivity index (χ3n) is 4.25. The molecule has 3 rings (SSSR count). The average molecular weight is 231 g/mol. The summed E-state index contributed by atoms with van der Waals surface area (Å²) >= 11 is 0. The number of fused-ring (bicyclic) bond motifs is 1. The van der Waals surface area contributed by atoms with Crippen molar-refractivity contribution in [1.82, 2.24) is 5.32 Å². The van der Waals surface area contributed by atoms with E-state index in [0.29, 0.717) is 0 Å². The predicted molar refractivity (Wildman–Crippen MR) is 69.7 cm³/mol. The largest absolute Gasteiger partial charge is 0.487 e. The van der Waals surface area contributed by atoms with E-state index in [1.807, 2.05) is 0 Å². The third-order valence-corrected chi connectivity index (χ3v) is 4.25. The normalized spacial score (nSPS) is 22.0. The molecule has 2 nitrogen and oxygen atoms in total. The fraction of sp³-hybridized carbons (Fsp3) is 0.600. The summed E-state index contributed by atoms with van der Waals surface area (Å²) < 4.78 is 6.38. The van der Waals surface area contributed by atoms with Crippen molar-refractivity contribution in [2.45, 2.75) is 45.1 Å². The van der Waals surface area contributed by atoms with Crippen LogP contribution in [0.5, 0.6) is 5.75 Å². The number of benzene rings is 1. The highest BCUT2D eigenvalue weighted by molar-refractivity contribution is 5.45. The van der Waals surface area contributed by atoms with Gasteiger partial charge in [0, 0.05) is 0 Å².